The summed E-state index contributed by atoms with van der Waals surface area (Å²) in [5.74, 6) is -0.312. The van der Waals surface area contributed by atoms with Crippen molar-refractivity contribution in [1.29, 1.82) is 0 Å². The summed E-state index contributed by atoms with van der Waals surface area (Å²) in [6.45, 7) is 10.8. The Morgan fingerprint density at radius 2 is 2.30 bits per heavy atom. The number of aromatic nitrogens is 2. The van der Waals surface area contributed by atoms with Gasteiger partial charge in [-0.2, -0.15) is 5.10 Å². The fourth-order valence-electron chi connectivity index (χ4n) is 3.03. The Morgan fingerprint density at radius 1 is 1.57 bits per heavy atom. The van der Waals surface area contributed by atoms with Crippen molar-refractivity contribution in [3.8, 4) is 0 Å². The molecule has 23 heavy (non-hydrogen) atoms. The van der Waals surface area contributed by atoms with Crippen molar-refractivity contribution < 1.29 is 9.53 Å². The van der Waals surface area contributed by atoms with Crippen molar-refractivity contribution in [3.63, 3.8) is 0 Å². The second kappa shape index (κ2) is 7.42. The van der Waals surface area contributed by atoms with Crippen LogP contribution < -0.4 is 5.73 Å². The zero-order valence-electron chi connectivity index (χ0n) is 14.6. The number of primary amides is 1. The van der Waals surface area contributed by atoms with Gasteiger partial charge >= 0.3 is 0 Å². The second-order valence-corrected chi connectivity index (χ2v) is 7.41. The average Bonchev–Trinajstić information content (AvgIpc) is 2.86. The molecule has 0 spiro atoms. The highest BCUT2D eigenvalue weighted by molar-refractivity contribution is 5.75. The molecule has 0 saturated carbocycles. The van der Waals surface area contributed by atoms with E-state index in [2.05, 4.69) is 35.9 Å². The summed E-state index contributed by atoms with van der Waals surface area (Å²) in [7, 11) is 1.89. The Kier molecular flexibility index (Phi) is 5.78. The molecular weight excluding hydrogens is 294 g/mol. The van der Waals surface area contributed by atoms with Crippen LogP contribution in [0.15, 0.2) is 6.20 Å². The molecule has 1 atom stereocenters. The third-order valence-corrected chi connectivity index (χ3v) is 4.03. The minimum atomic E-state index is -0.312. The van der Waals surface area contributed by atoms with Crippen LogP contribution in [-0.2, 0) is 21.5 Å². The first-order valence-electron chi connectivity index (χ1n) is 8.09. The van der Waals surface area contributed by atoms with Gasteiger partial charge < -0.3 is 10.5 Å². The number of rotatable bonds is 6. The van der Waals surface area contributed by atoms with Crippen molar-refractivity contribution in [1.82, 2.24) is 20.0 Å². The fourth-order valence-corrected chi connectivity index (χ4v) is 3.03. The molecule has 1 aromatic rings. The first-order valence-corrected chi connectivity index (χ1v) is 8.09. The van der Waals surface area contributed by atoms with E-state index in [0.29, 0.717) is 13.2 Å². The first kappa shape index (κ1) is 17.9. The van der Waals surface area contributed by atoms with Crippen molar-refractivity contribution in [3.05, 3.63) is 17.5 Å². The number of nitrogens with two attached hydrogens (primary N) is 1. The van der Waals surface area contributed by atoms with Gasteiger partial charge in [0.1, 0.15) is 0 Å². The number of carbonyl (C=O) groups is 1. The van der Waals surface area contributed by atoms with Gasteiger partial charge in [0.05, 0.1) is 25.5 Å². The summed E-state index contributed by atoms with van der Waals surface area (Å²) >= 11 is 0. The fraction of sp³-hybridized carbons (Fsp3) is 0.750. The molecule has 7 nitrogen and oxygen atoms in total. The van der Waals surface area contributed by atoms with Crippen LogP contribution in [-0.4, -0.2) is 71.8 Å². The van der Waals surface area contributed by atoms with Crippen LogP contribution in [0, 0.1) is 0 Å². The van der Waals surface area contributed by atoms with Crippen LogP contribution in [0.25, 0.3) is 0 Å². The zero-order valence-corrected chi connectivity index (χ0v) is 14.6. The summed E-state index contributed by atoms with van der Waals surface area (Å²) < 4.78 is 5.82. The molecule has 0 radical (unpaired) electrons. The number of morpholine rings is 1. The zero-order chi connectivity index (χ0) is 17.0. The standard InChI is InChI=1S/C16H29N5O2/c1-16(2,3)15-12(7-18-19-15)8-21-5-6-23-13(10-21)9-20(4)11-14(17)22/h7,13H,5-6,8-11H2,1-4H3,(H2,17,22)(H,18,19). The largest absolute Gasteiger partial charge is 0.374 e. The Morgan fingerprint density at radius 3 is 2.96 bits per heavy atom. The molecule has 130 valence electrons. The van der Waals surface area contributed by atoms with E-state index >= 15 is 0 Å². The van der Waals surface area contributed by atoms with E-state index < -0.39 is 0 Å². The molecule has 7 heteroatoms. The van der Waals surface area contributed by atoms with Gasteiger partial charge in [0.2, 0.25) is 5.91 Å². The number of amides is 1. The van der Waals surface area contributed by atoms with E-state index in [1.165, 1.54) is 11.3 Å². The lowest BCUT2D eigenvalue weighted by Gasteiger charge is -2.35. The summed E-state index contributed by atoms with van der Waals surface area (Å²) in [6, 6.07) is 0. The minimum absolute atomic E-state index is 0.0548. The quantitative estimate of drug-likeness (QED) is 0.787. The maximum atomic E-state index is 11.0. The number of hydrogen-bond donors (Lipinski definition) is 2. The van der Waals surface area contributed by atoms with Gasteiger partial charge in [-0.05, 0) is 7.05 Å². The molecule has 1 aliphatic rings. The Hall–Kier alpha value is -1.44. The van der Waals surface area contributed by atoms with Crippen LogP contribution in [0.3, 0.4) is 0 Å². The Bertz CT molecular complexity index is 523. The molecule has 3 N–H and O–H groups in total. The number of nitrogens with zero attached hydrogens (tertiary/aromatic N) is 3. The van der Waals surface area contributed by atoms with E-state index in [4.69, 9.17) is 10.5 Å². The van der Waals surface area contributed by atoms with Crippen molar-refractivity contribution in [2.45, 2.75) is 38.8 Å². The third-order valence-electron chi connectivity index (χ3n) is 4.03. The van der Waals surface area contributed by atoms with Crippen molar-refractivity contribution in [2.75, 3.05) is 39.8 Å². The van der Waals surface area contributed by atoms with Gasteiger partial charge in [-0.15, -0.1) is 0 Å². The molecule has 1 aromatic heterocycles. The van der Waals surface area contributed by atoms with Gasteiger partial charge in [0.25, 0.3) is 0 Å². The van der Waals surface area contributed by atoms with Crippen LogP contribution in [0.4, 0.5) is 0 Å². The summed E-state index contributed by atoms with van der Waals surface area (Å²) in [6.07, 6.45) is 2.02. The minimum Gasteiger partial charge on any atom is -0.374 e. The highest BCUT2D eigenvalue weighted by Gasteiger charge is 2.25. The van der Waals surface area contributed by atoms with Gasteiger partial charge in [-0.25, -0.2) is 0 Å². The molecule has 1 amide bonds. The van der Waals surface area contributed by atoms with Crippen LogP contribution in [0.5, 0.6) is 0 Å². The number of H-pyrrole nitrogens is 1. The molecule has 0 bridgehead atoms. The Balaban J connectivity index is 1.92. The van der Waals surface area contributed by atoms with Gasteiger partial charge in [0, 0.05) is 42.9 Å². The van der Waals surface area contributed by atoms with Gasteiger partial charge in [0.15, 0.2) is 0 Å². The molecule has 2 heterocycles. The first-order chi connectivity index (χ1) is 10.8. The van der Waals surface area contributed by atoms with Crippen LogP contribution in [0.1, 0.15) is 32.0 Å². The normalized spacial score (nSPS) is 20.1. The van der Waals surface area contributed by atoms with Crippen molar-refractivity contribution in [2.24, 2.45) is 5.73 Å². The summed E-state index contributed by atoms with van der Waals surface area (Å²) in [4.78, 5) is 15.3. The van der Waals surface area contributed by atoms with E-state index in [9.17, 15) is 4.79 Å². The van der Waals surface area contributed by atoms with E-state index in [-0.39, 0.29) is 24.0 Å². The molecule has 1 unspecified atom stereocenters. The smallest absolute Gasteiger partial charge is 0.231 e. The van der Waals surface area contributed by atoms with Crippen LogP contribution >= 0.6 is 0 Å². The summed E-state index contributed by atoms with van der Waals surface area (Å²) in [5, 5.41) is 7.34. The van der Waals surface area contributed by atoms with Gasteiger partial charge in [-0.3, -0.25) is 19.7 Å². The number of hydrogen-bond acceptors (Lipinski definition) is 5. The Labute approximate surface area is 138 Å². The SMILES string of the molecule is CN(CC(N)=O)CC1CN(Cc2cn[nH]c2C(C)(C)C)CCO1. The molecule has 0 aliphatic carbocycles. The number of carbonyl (C=O) groups excluding carboxylic acids is 1. The predicted octanol–water partition coefficient (Wildman–Crippen LogP) is 0.325. The molecule has 1 aliphatic heterocycles. The van der Waals surface area contributed by atoms with E-state index in [1.54, 1.807) is 0 Å². The predicted molar refractivity (Wildman–Crippen MR) is 89.0 cm³/mol. The number of aromatic amines is 1. The van der Waals surface area contributed by atoms with Crippen molar-refractivity contribution >= 4 is 5.91 Å². The van der Waals surface area contributed by atoms with Gasteiger partial charge in [-0.1, -0.05) is 20.8 Å². The second-order valence-electron chi connectivity index (χ2n) is 7.41. The molecular formula is C16H29N5O2. The monoisotopic (exact) mass is 323 g/mol. The molecule has 1 fully saturated rings. The topological polar surface area (TPSA) is 87.5 Å². The average molecular weight is 323 g/mol. The molecule has 1 saturated heterocycles. The maximum absolute atomic E-state index is 11.0. The molecule has 2 rings (SSSR count). The highest BCUT2D eigenvalue weighted by Crippen LogP contribution is 2.24. The number of likely N-dealkylation sites (N-methyl/N-ethyl adjacent to an activating group) is 1. The highest BCUT2D eigenvalue weighted by atomic mass is 16.5. The number of nitrogens with one attached hydrogen (secondary N) is 1. The third kappa shape index (κ3) is 5.30. The summed E-state index contributed by atoms with van der Waals surface area (Å²) in [5.41, 5.74) is 7.71. The van der Waals surface area contributed by atoms with E-state index in [0.717, 1.165) is 19.6 Å². The van der Waals surface area contributed by atoms with E-state index in [1.807, 2.05) is 18.1 Å². The maximum Gasteiger partial charge on any atom is 0.231 e. The lowest BCUT2D eigenvalue weighted by atomic mass is 9.89. The lowest BCUT2D eigenvalue weighted by Crippen LogP contribution is -2.47. The number of ether oxygens (including phenoxy) is 1. The molecule has 0 aromatic carbocycles. The lowest BCUT2D eigenvalue weighted by molar-refractivity contribution is -0.119. The van der Waals surface area contributed by atoms with Crippen LogP contribution in [0.2, 0.25) is 0 Å².